The highest BCUT2D eigenvalue weighted by Gasteiger charge is 2.27. The van der Waals surface area contributed by atoms with Crippen molar-refractivity contribution >= 4 is 27.3 Å². The lowest BCUT2D eigenvalue weighted by molar-refractivity contribution is -0.131. The van der Waals surface area contributed by atoms with Crippen molar-refractivity contribution in [1.29, 1.82) is 0 Å². The maximum atomic E-state index is 12.6. The van der Waals surface area contributed by atoms with E-state index < -0.39 is 10.0 Å². The lowest BCUT2D eigenvalue weighted by Crippen LogP contribution is -2.46. The van der Waals surface area contributed by atoms with Crippen molar-refractivity contribution in [3.05, 3.63) is 65.8 Å². The molecular formula is C20H22N4O3S2. The number of carbonyl (C=O) groups excluding carboxylic acids is 1. The number of amides is 1. The molecule has 9 heteroatoms. The van der Waals surface area contributed by atoms with Crippen molar-refractivity contribution in [3.63, 3.8) is 0 Å². The van der Waals surface area contributed by atoms with E-state index in [1.807, 2.05) is 41.4 Å². The van der Waals surface area contributed by atoms with Gasteiger partial charge in [0.2, 0.25) is 15.9 Å². The summed E-state index contributed by atoms with van der Waals surface area (Å²) in [4.78, 5) is 14.4. The quantitative estimate of drug-likeness (QED) is 0.651. The van der Waals surface area contributed by atoms with Gasteiger partial charge in [-0.15, -0.1) is 11.3 Å². The van der Waals surface area contributed by atoms with E-state index in [0.29, 0.717) is 36.6 Å². The van der Waals surface area contributed by atoms with Gasteiger partial charge in [0, 0.05) is 31.5 Å². The summed E-state index contributed by atoms with van der Waals surface area (Å²) in [6.45, 7) is 1.11. The molecule has 1 aliphatic rings. The van der Waals surface area contributed by atoms with Gasteiger partial charge in [-0.3, -0.25) is 4.79 Å². The molecule has 1 aliphatic heterocycles. The van der Waals surface area contributed by atoms with Crippen LogP contribution in [0.1, 0.15) is 18.4 Å². The van der Waals surface area contributed by atoms with Crippen molar-refractivity contribution in [2.75, 3.05) is 13.1 Å². The Kier molecular flexibility index (Phi) is 5.79. The van der Waals surface area contributed by atoms with Crippen LogP contribution < -0.4 is 4.72 Å². The lowest BCUT2D eigenvalue weighted by Gasteiger charge is -2.32. The van der Waals surface area contributed by atoms with Crippen LogP contribution in [0.5, 0.6) is 0 Å². The molecule has 7 nitrogen and oxygen atoms in total. The summed E-state index contributed by atoms with van der Waals surface area (Å²) in [7, 11) is -3.47. The van der Waals surface area contributed by atoms with Crippen LogP contribution in [0.15, 0.2) is 64.4 Å². The van der Waals surface area contributed by atoms with Crippen molar-refractivity contribution in [2.45, 2.75) is 29.5 Å². The van der Waals surface area contributed by atoms with Gasteiger partial charge in [0.1, 0.15) is 4.21 Å². The summed E-state index contributed by atoms with van der Waals surface area (Å²) in [5.74, 6) is 0.0661. The Hall–Kier alpha value is -2.49. The van der Waals surface area contributed by atoms with Gasteiger partial charge in [-0.05, 0) is 48.1 Å². The molecule has 0 bridgehead atoms. The van der Waals surface area contributed by atoms with E-state index in [0.717, 1.165) is 11.3 Å². The first kappa shape index (κ1) is 19.8. The molecule has 3 heterocycles. The van der Waals surface area contributed by atoms with Gasteiger partial charge in [0.05, 0.1) is 12.1 Å². The first-order chi connectivity index (χ1) is 14.0. The van der Waals surface area contributed by atoms with Crippen LogP contribution in [0, 0.1) is 0 Å². The minimum absolute atomic E-state index is 0.0661. The fourth-order valence-corrected chi connectivity index (χ4v) is 5.73. The standard InChI is InChI=1S/C20H22N4O3S2/c25-19(15-16-4-6-18(7-5-16)24-11-2-10-21-24)23-12-8-17(9-13-23)22-29(26,27)20-3-1-14-28-20/h1-7,10-11,14,17,22H,8-9,12-13,15H2. The van der Waals surface area contributed by atoms with Crippen LogP contribution in [0.25, 0.3) is 5.69 Å². The maximum Gasteiger partial charge on any atom is 0.250 e. The SMILES string of the molecule is O=C(Cc1ccc(-n2cccn2)cc1)N1CCC(NS(=O)(=O)c2cccs2)CC1. The smallest absolute Gasteiger partial charge is 0.250 e. The Labute approximate surface area is 174 Å². The monoisotopic (exact) mass is 430 g/mol. The van der Waals surface area contributed by atoms with Crippen LogP contribution >= 0.6 is 11.3 Å². The third kappa shape index (κ3) is 4.75. The molecule has 4 rings (SSSR count). The second-order valence-corrected chi connectivity index (χ2v) is 9.89. The molecule has 0 radical (unpaired) electrons. The second-order valence-electron chi connectivity index (χ2n) is 7.00. The minimum atomic E-state index is -3.47. The molecule has 1 saturated heterocycles. The van der Waals surface area contributed by atoms with Crippen molar-refractivity contribution in [2.24, 2.45) is 0 Å². The molecule has 1 N–H and O–H groups in total. The highest BCUT2D eigenvalue weighted by Crippen LogP contribution is 2.19. The van der Waals surface area contributed by atoms with E-state index in [4.69, 9.17) is 0 Å². The molecule has 1 fully saturated rings. The Bertz CT molecular complexity index is 1040. The van der Waals surface area contributed by atoms with E-state index in [-0.39, 0.29) is 11.9 Å². The molecule has 0 aliphatic carbocycles. The Balaban J connectivity index is 1.29. The lowest BCUT2D eigenvalue weighted by atomic mass is 10.0. The molecule has 0 spiro atoms. The molecule has 29 heavy (non-hydrogen) atoms. The number of sulfonamides is 1. The summed E-state index contributed by atoms with van der Waals surface area (Å²) in [6.07, 6.45) is 5.17. The molecule has 2 aromatic heterocycles. The third-order valence-electron chi connectivity index (χ3n) is 4.99. The molecule has 0 unspecified atom stereocenters. The van der Waals surface area contributed by atoms with E-state index in [1.54, 1.807) is 28.4 Å². The Morgan fingerprint density at radius 2 is 1.90 bits per heavy atom. The van der Waals surface area contributed by atoms with E-state index in [2.05, 4.69) is 9.82 Å². The number of benzene rings is 1. The van der Waals surface area contributed by atoms with Crippen LogP contribution in [-0.2, 0) is 21.2 Å². The zero-order valence-electron chi connectivity index (χ0n) is 15.8. The highest BCUT2D eigenvalue weighted by atomic mass is 32.2. The zero-order valence-corrected chi connectivity index (χ0v) is 17.4. The normalized spacial score (nSPS) is 15.5. The number of thiophene rings is 1. The predicted molar refractivity (Wildman–Crippen MR) is 112 cm³/mol. The van der Waals surface area contributed by atoms with Gasteiger partial charge in [0.15, 0.2) is 0 Å². The Morgan fingerprint density at radius 3 is 2.52 bits per heavy atom. The molecule has 0 saturated carbocycles. The number of aromatic nitrogens is 2. The van der Waals surface area contributed by atoms with Gasteiger partial charge in [-0.25, -0.2) is 17.8 Å². The van der Waals surface area contributed by atoms with Gasteiger partial charge < -0.3 is 4.90 Å². The average Bonchev–Trinajstić information content (AvgIpc) is 3.43. The summed E-state index contributed by atoms with van der Waals surface area (Å²) >= 11 is 1.20. The van der Waals surface area contributed by atoms with E-state index in [1.165, 1.54) is 11.3 Å². The minimum Gasteiger partial charge on any atom is -0.342 e. The molecule has 0 atom stereocenters. The zero-order chi connectivity index (χ0) is 20.3. The molecule has 3 aromatic rings. The maximum absolute atomic E-state index is 12.6. The van der Waals surface area contributed by atoms with Crippen molar-refractivity contribution in [1.82, 2.24) is 19.4 Å². The number of nitrogens with one attached hydrogen (secondary N) is 1. The topological polar surface area (TPSA) is 84.3 Å². The summed E-state index contributed by atoms with van der Waals surface area (Å²) in [6, 6.07) is 12.8. The first-order valence-corrected chi connectivity index (χ1v) is 11.8. The van der Waals surface area contributed by atoms with Crippen LogP contribution in [-0.4, -0.2) is 48.1 Å². The number of nitrogens with zero attached hydrogens (tertiary/aromatic N) is 3. The number of hydrogen-bond acceptors (Lipinski definition) is 5. The first-order valence-electron chi connectivity index (χ1n) is 9.44. The molecule has 152 valence electrons. The van der Waals surface area contributed by atoms with Crippen LogP contribution in [0.3, 0.4) is 0 Å². The third-order valence-corrected chi connectivity index (χ3v) is 7.91. The van der Waals surface area contributed by atoms with Gasteiger partial charge >= 0.3 is 0 Å². The predicted octanol–water partition coefficient (Wildman–Crippen LogP) is 2.45. The molecular weight excluding hydrogens is 408 g/mol. The van der Waals surface area contributed by atoms with E-state index in [9.17, 15) is 13.2 Å². The Morgan fingerprint density at radius 1 is 1.14 bits per heavy atom. The van der Waals surface area contributed by atoms with E-state index >= 15 is 0 Å². The fourth-order valence-electron chi connectivity index (χ4n) is 3.42. The fraction of sp³-hybridized carbons (Fsp3) is 0.300. The molecule has 1 amide bonds. The van der Waals surface area contributed by atoms with Gasteiger partial charge in [0.25, 0.3) is 0 Å². The van der Waals surface area contributed by atoms with Crippen LogP contribution in [0.2, 0.25) is 0 Å². The second kappa shape index (κ2) is 8.48. The number of rotatable bonds is 6. The highest BCUT2D eigenvalue weighted by molar-refractivity contribution is 7.91. The van der Waals surface area contributed by atoms with Crippen molar-refractivity contribution in [3.8, 4) is 5.69 Å². The van der Waals surface area contributed by atoms with Crippen LogP contribution in [0.4, 0.5) is 0 Å². The van der Waals surface area contributed by atoms with Gasteiger partial charge in [-0.2, -0.15) is 5.10 Å². The average molecular weight is 431 g/mol. The number of piperidine rings is 1. The number of carbonyl (C=O) groups is 1. The number of likely N-dealkylation sites (tertiary alicyclic amines) is 1. The molecule has 1 aromatic carbocycles. The summed E-state index contributed by atoms with van der Waals surface area (Å²) in [5.41, 5.74) is 1.90. The largest absolute Gasteiger partial charge is 0.342 e. The summed E-state index contributed by atoms with van der Waals surface area (Å²) < 4.78 is 29.5. The van der Waals surface area contributed by atoms with Crippen molar-refractivity contribution < 1.29 is 13.2 Å². The summed E-state index contributed by atoms with van der Waals surface area (Å²) in [5, 5.41) is 5.94. The number of hydrogen-bond donors (Lipinski definition) is 1. The van der Waals surface area contributed by atoms with Gasteiger partial charge in [-0.1, -0.05) is 18.2 Å².